The normalized spacial score (nSPS) is 19.2. The number of nitrogens with one attached hydrogen (secondary N) is 2. The Morgan fingerprint density at radius 1 is 1.15 bits per heavy atom. The van der Waals surface area contributed by atoms with Crippen LogP contribution < -0.4 is 14.2 Å². The molecule has 1 aliphatic rings. The summed E-state index contributed by atoms with van der Waals surface area (Å²) in [5.41, 5.74) is 1.13. The number of anilines is 1. The zero-order valence-corrected chi connectivity index (χ0v) is 21.3. The number of amides is 1. The van der Waals surface area contributed by atoms with Gasteiger partial charge >= 0.3 is 10.3 Å². The van der Waals surface area contributed by atoms with Gasteiger partial charge in [0.25, 0.3) is 11.6 Å². The number of nitrogens with zero attached hydrogens (tertiary/aromatic N) is 5. The molecule has 2 N–H and O–H groups in total. The Hall–Kier alpha value is -4.47. The van der Waals surface area contributed by atoms with Gasteiger partial charge in [-0.1, -0.05) is 25.1 Å². The lowest BCUT2D eigenvalue weighted by Crippen LogP contribution is -2.36. The van der Waals surface area contributed by atoms with Crippen LogP contribution in [0.1, 0.15) is 29.9 Å². The van der Waals surface area contributed by atoms with E-state index in [9.17, 15) is 23.3 Å². The maximum absolute atomic E-state index is 12.6. The third kappa shape index (κ3) is 5.84. The summed E-state index contributed by atoms with van der Waals surface area (Å²) in [4.78, 5) is 35.6. The van der Waals surface area contributed by atoms with Crippen molar-refractivity contribution < 1.29 is 27.1 Å². The summed E-state index contributed by atoms with van der Waals surface area (Å²) in [6.45, 7) is 1.86. The molecule has 14 nitrogen and oxygen atoms in total. The summed E-state index contributed by atoms with van der Waals surface area (Å²) >= 11 is 0. The molecule has 1 fully saturated rings. The third-order valence-corrected chi connectivity index (χ3v) is 7.12. The van der Waals surface area contributed by atoms with Crippen molar-refractivity contribution in [1.82, 2.24) is 24.2 Å². The third-order valence-electron chi connectivity index (χ3n) is 6.19. The summed E-state index contributed by atoms with van der Waals surface area (Å²) in [6.07, 6.45) is 2.45. The number of benzene rings is 2. The topological polar surface area (TPSA) is 180 Å². The van der Waals surface area contributed by atoms with Crippen LogP contribution >= 0.6 is 0 Å². The van der Waals surface area contributed by atoms with Crippen LogP contribution in [0, 0.1) is 16.0 Å². The van der Waals surface area contributed by atoms with Crippen molar-refractivity contribution in [3.63, 3.8) is 0 Å². The summed E-state index contributed by atoms with van der Waals surface area (Å²) in [5, 5.41) is 13.5. The number of ether oxygens (including phenoxy) is 1. The average molecular weight is 554 g/mol. The highest BCUT2D eigenvalue weighted by molar-refractivity contribution is 7.85. The Balaban J connectivity index is 1.24. The molecule has 2 aromatic heterocycles. The minimum Gasteiger partial charge on any atom is -0.371 e. The molecule has 3 atom stereocenters. The molecular weight excluding hydrogens is 530 g/mol. The molecule has 0 spiro atoms. The fraction of sp³-hybridized carbons (Fsp3) is 0.250. The van der Waals surface area contributed by atoms with Crippen LogP contribution in [0.4, 0.5) is 11.5 Å². The molecule has 15 heteroatoms. The smallest absolute Gasteiger partial charge is 0.371 e. The monoisotopic (exact) mass is 553 g/mol. The van der Waals surface area contributed by atoms with Crippen molar-refractivity contribution in [2.45, 2.75) is 25.7 Å². The van der Waals surface area contributed by atoms with Gasteiger partial charge in [0.2, 0.25) is 0 Å². The number of hydrogen-bond acceptors (Lipinski definition) is 10. The lowest BCUT2D eigenvalue weighted by atomic mass is 10.0. The first kappa shape index (κ1) is 26.1. The van der Waals surface area contributed by atoms with Gasteiger partial charge in [-0.3, -0.25) is 19.5 Å². The van der Waals surface area contributed by atoms with Crippen molar-refractivity contribution in [2.24, 2.45) is 5.92 Å². The minimum absolute atomic E-state index is 0.0337. The fourth-order valence-electron chi connectivity index (χ4n) is 4.18. The Bertz CT molecular complexity index is 1610. The maximum Gasteiger partial charge on any atom is 0.382 e. The second-order valence-electron chi connectivity index (χ2n) is 8.85. The first-order valence-corrected chi connectivity index (χ1v) is 13.2. The molecule has 0 saturated carbocycles. The van der Waals surface area contributed by atoms with Crippen LogP contribution in [0.25, 0.3) is 11.2 Å². The highest BCUT2D eigenvalue weighted by atomic mass is 32.2. The lowest BCUT2D eigenvalue weighted by Gasteiger charge is -2.17. The Morgan fingerprint density at radius 3 is 2.62 bits per heavy atom. The second-order valence-corrected chi connectivity index (χ2v) is 10.2. The van der Waals surface area contributed by atoms with Crippen molar-refractivity contribution in [3.8, 4) is 5.75 Å². The number of non-ortho nitro benzene ring substituents is 1. The van der Waals surface area contributed by atoms with Crippen molar-refractivity contribution >= 4 is 38.9 Å². The van der Waals surface area contributed by atoms with Gasteiger partial charge < -0.3 is 14.2 Å². The van der Waals surface area contributed by atoms with Crippen LogP contribution in [0.5, 0.6) is 5.75 Å². The number of nitro benzene ring substituents is 1. The van der Waals surface area contributed by atoms with Crippen LogP contribution in [-0.4, -0.2) is 51.4 Å². The summed E-state index contributed by atoms with van der Waals surface area (Å²) in [5.74, 6) is -0.176. The zero-order valence-electron chi connectivity index (χ0n) is 20.5. The standard InChI is InChI=1S/C24H23N7O7S/c1-15-11-20(37-19(15)12-28-39(35,36)38-18-9-7-17(8-10-18)31(33)34)30-14-27-21-22(25-13-26-23(21)30)29-24(32)16-5-3-2-4-6-16/h2-10,13-15,19-20,28H,11-12H2,1H3,(H,25,26,29,32)/t15-,19+,20+/m0/s1. The molecule has 3 heterocycles. The number of carbonyl (C=O) groups is 1. The SMILES string of the molecule is C[C@H]1C[C@H](n2cnc3c(NC(=O)c4ccccc4)ncnc32)O[C@@H]1CNS(=O)(=O)Oc1ccc([N+](=O)[O-])cc1. The van der Waals surface area contributed by atoms with E-state index in [2.05, 4.69) is 25.0 Å². The molecule has 202 valence electrons. The van der Waals surface area contributed by atoms with E-state index in [1.165, 1.54) is 18.5 Å². The lowest BCUT2D eigenvalue weighted by molar-refractivity contribution is -0.384. The van der Waals surface area contributed by atoms with Gasteiger partial charge in [-0.25, -0.2) is 15.0 Å². The maximum atomic E-state index is 12.6. The van der Waals surface area contributed by atoms with Crippen molar-refractivity contribution in [1.29, 1.82) is 0 Å². The quantitative estimate of drug-likeness (QED) is 0.231. The number of rotatable bonds is 9. The molecule has 39 heavy (non-hydrogen) atoms. The van der Waals surface area contributed by atoms with E-state index in [4.69, 9.17) is 8.92 Å². The number of fused-ring (bicyclic) bond motifs is 1. The molecule has 0 aliphatic carbocycles. The Kier molecular flexibility index (Phi) is 7.19. The number of hydrogen-bond donors (Lipinski definition) is 2. The van der Waals surface area contributed by atoms with Gasteiger partial charge in [0.15, 0.2) is 17.0 Å². The van der Waals surface area contributed by atoms with E-state index in [-0.39, 0.29) is 35.6 Å². The molecule has 0 unspecified atom stereocenters. The predicted molar refractivity (Wildman–Crippen MR) is 138 cm³/mol. The summed E-state index contributed by atoms with van der Waals surface area (Å²) in [7, 11) is -4.20. The van der Waals surface area contributed by atoms with Gasteiger partial charge in [-0.05, 0) is 36.6 Å². The molecule has 1 saturated heterocycles. The van der Waals surface area contributed by atoms with Crippen LogP contribution in [0.3, 0.4) is 0 Å². The predicted octanol–water partition coefficient (Wildman–Crippen LogP) is 2.82. The summed E-state index contributed by atoms with van der Waals surface area (Å²) in [6, 6.07) is 13.4. The number of nitro groups is 1. The molecule has 0 radical (unpaired) electrons. The van der Waals surface area contributed by atoms with Crippen molar-refractivity contribution in [2.75, 3.05) is 11.9 Å². The zero-order chi connectivity index (χ0) is 27.6. The first-order valence-electron chi connectivity index (χ1n) is 11.8. The first-order chi connectivity index (χ1) is 18.7. The molecule has 4 aromatic rings. The Morgan fingerprint density at radius 2 is 1.90 bits per heavy atom. The molecule has 1 amide bonds. The highest BCUT2D eigenvalue weighted by Crippen LogP contribution is 2.35. The van der Waals surface area contributed by atoms with Crippen LogP contribution in [-0.2, 0) is 15.0 Å². The Labute approximate surface area is 222 Å². The number of aromatic nitrogens is 4. The number of carbonyl (C=O) groups excluding carboxylic acids is 1. The largest absolute Gasteiger partial charge is 0.382 e. The average Bonchev–Trinajstić information content (AvgIpc) is 3.52. The van der Waals surface area contributed by atoms with Gasteiger partial charge in [0, 0.05) is 24.2 Å². The molecule has 0 bridgehead atoms. The van der Waals surface area contributed by atoms with E-state index in [1.807, 2.05) is 13.0 Å². The van der Waals surface area contributed by atoms with Gasteiger partial charge in [0.1, 0.15) is 18.3 Å². The van der Waals surface area contributed by atoms with Crippen molar-refractivity contribution in [3.05, 3.63) is 82.9 Å². The number of imidazole rings is 1. The van der Waals surface area contributed by atoms with E-state index in [0.29, 0.717) is 23.1 Å². The molecule has 1 aliphatic heterocycles. The molecule has 2 aromatic carbocycles. The summed E-state index contributed by atoms with van der Waals surface area (Å²) < 4.78 is 40.0. The minimum atomic E-state index is -4.20. The highest BCUT2D eigenvalue weighted by Gasteiger charge is 2.35. The van der Waals surface area contributed by atoms with Gasteiger partial charge in [0.05, 0.1) is 17.4 Å². The van der Waals surface area contributed by atoms with Crippen LogP contribution in [0.2, 0.25) is 0 Å². The van der Waals surface area contributed by atoms with Gasteiger partial charge in [-0.2, -0.15) is 13.1 Å². The second kappa shape index (κ2) is 10.7. The fourth-order valence-corrected chi connectivity index (χ4v) is 4.97. The molecular formula is C24H23N7O7S. The van der Waals surface area contributed by atoms with Crippen LogP contribution in [0.15, 0.2) is 67.3 Å². The van der Waals surface area contributed by atoms with E-state index >= 15 is 0 Å². The van der Waals surface area contributed by atoms with E-state index < -0.39 is 27.6 Å². The van der Waals surface area contributed by atoms with E-state index in [1.54, 1.807) is 35.2 Å². The van der Waals surface area contributed by atoms with E-state index in [0.717, 1.165) is 12.1 Å². The molecule has 5 rings (SSSR count). The van der Waals surface area contributed by atoms with Gasteiger partial charge in [-0.15, -0.1) is 0 Å².